The van der Waals surface area contributed by atoms with E-state index in [1.807, 2.05) is 29.6 Å². The van der Waals surface area contributed by atoms with Gasteiger partial charge in [-0.25, -0.2) is 9.78 Å². The molecule has 7 unspecified atom stereocenters. The number of aromatic nitrogens is 3. The summed E-state index contributed by atoms with van der Waals surface area (Å²) in [7, 11) is 0. The summed E-state index contributed by atoms with van der Waals surface area (Å²) in [4.78, 5) is 125. The van der Waals surface area contributed by atoms with Crippen molar-refractivity contribution in [3.8, 4) is 0 Å². The molecule has 65 heavy (non-hydrogen) atoms. The van der Waals surface area contributed by atoms with E-state index in [9.17, 15) is 58.5 Å². The average Bonchev–Trinajstić information content (AvgIpc) is 3.95. The van der Waals surface area contributed by atoms with Gasteiger partial charge in [0.25, 0.3) is 0 Å². The number of carbonyl (C=O) groups is 9. The average molecular weight is 906 g/mol. The maximum absolute atomic E-state index is 13.7. The molecule has 7 amide bonds. The molecule has 0 aliphatic carbocycles. The second-order valence-corrected chi connectivity index (χ2v) is 14.8. The fraction of sp³-hybridized carbons (Fsp3) is 0.366. The first kappa shape index (κ1) is 50.0. The lowest BCUT2D eigenvalue weighted by molar-refractivity contribution is -0.144. The Labute approximate surface area is 369 Å². The highest BCUT2D eigenvalue weighted by Crippen LogP contribution is 2.19. The Morgan fingerprint density at radius 1 is 0.646 bits per heavy atom. The van der Waals surface area contributed by atoms with Crippen molar-refractivity contribution >= 4 is 64.2 Å². The van der Waals surface area contributed by atoms with Crippen LogP contribution >= 0.6 is 0 Å². The van der Waals surface area contributed by atoms with Gasteiger partial charge in [-0.3, -0.25) is 38.4 Å². The van der Waals surface area contributed by atoms with E-state index in [0.717, 1.165) is 16.5 Å². The molecule has 7 atom stereocenters. The quantitative estimate of drug-likeness (QED) is 0.0300. The van der Waals surface area contributed by atoms with Gasteiger partial charge in [0.05, 0.1) is 38.5 Å². The summed E-state index contributed by atoms with van der Waals surface area (Å²) in [6.07, 6.45) is 3.41. The lowest BCUT2D eigenvalue weighted by Gasteiger charge is -2.25. The number of hydrogen-bond donors (Lipinski definition) is 14. The number of para-hydroxylation sites is 1. The van der Waals surface area contributed by atoms with Crippen LogP contribution in [0.4, 0.5) is 0 Å². The molecule has 0 aliphatic rings. The van der Waals surface area contributed by atoms with Gasteiger partial charge in [-0.15, -0.1) is 0 Å². The number of imidazole rings is 1. The number of aliphatic hydroxyl groups excluding tert-OH is 2. The molecule has 24 heteroatoms. The number of fused-ring (bicyclic) bond motifs is 1. The minimum Gasteiger partial charge on any atom is -0.481 e. The predicted octanol–water partition coefficient (Wildman–Crippen LogP) is -4.17. The Bertz CT molecular complexity index is 2310. The number of hydrogen-bond acceptors (Lipinski definition) is 13. The third-order valence-electron chi connectivity index (χ3n) is 9.80. The van der Waals surface area contributed by atoms with E-state index in [4.69, 9.17) is 10.8 Å². The Hall–Kier alpha value is -7.70. The molecular weight excluding hydrogens is 855 g/mol. The van der Waals surface area contributed by atoms with E-state index < -0.39 is 122 Å². The summed E-state index contributed by atoms with van der Waals surface area (Å²) >= 11 is 0. The van der Waals surface area contributed by atoms with Gasteiger partial charge in [0.2, 0.25) is 41.4 Å². The number of aliphatic hydroxyl groups is 2. The molecule has 4 aromatic rings. The number of nitrogens with two attached hydrogens (primary N) is 1. The molecule has 4 rings (SSSR count). The van der Waals surface area contributed by atoms with Crippen LogP contribution in [0.5, 0.6) is 0 Å². The van der Waals surface area contributed by atoms with Crippen molar-refractivity contribution in [1.29, 1.82) is 0 Å². The van der Waals surface area contributed by atoms with E-state index in [1.54, 1.807) is 36.5 Å². The SMILES string of the molecule is CC(NC(=O)CNC(=O)C(Cc1ccccc1)NC(=O)C(CO)NC(=O)C(Cc1cnc[nH]1)NC(=O)C(N)Cc1c[nH]c2ccccc12)C(=O)NC(CC(=O)O)C(=O)NC(CO)C(=O)O. The van der Waals surface area contributed by atoms with E-state index in [2.05, 4.69) is 46.9 Å². The second-order valence-electron chi connectivity index (χ2n) is 14.8. The molecule has 2 heterocycles. The number of carboxylic acids is 2. The van der Waals surface area contributed by atoms with Crippen molar-refractivity contribution in [3.63, 3.8) is 0 Å². The molecule has 0 radical (unpaired) electrons. The van der Waals surface area contributed by atoms with Crippen molar-refractivity contribution in [2.75, 3.05) is 19.8 Å². The summed E-state index contributed by atoms with van der Waals surface area (Å²) in [5.74, 6) is -9.88. The van der Waals surface area contributed by atoms with Crippen molar-refractivity contribution in [2.24, 2.45) is 5.73 Å². The molecule has 24 nitrogen and oxygen atoms in total. The molecule has 0 bridgehead atoms. The summed E-state index contributed by atoms with van der Waals surface area (Å²) in [5.41, 5.74) is 8.90. The van der Waals surface area contributed by atoms with Crippen LogP contribution in [0, 0.1) is 0 Å². The molecule has 348 valence electrons. The number of aliphatic carboxylic acids is 2. The molecule has 0 fully saturated rings. The molecule has 0 saturated carbocycles. The van der Waals surface area contributed by atoms with Gasteiger partial charge in [-0.2, -0.15) is 0 Å². The fourth-order valence-corrected chi connectivity index (χ4v) is 6.32. The van der Waals surface area contributed by atoms with Gasteiger partial charge in [-0.05, 0) is 30.5 Å². The Morgan fingerprint density at radius 2 is 1.23 bits per heavy atom. The van der Waals surface area contributed by atoms with Crippen LogP contribution in [0.2, 0.25) is 0 Å². The number of aromatic amines is 2. The Balaban J connectivity index is 1.39. The maximum Gasteiger partial charge on any atom is 0.328 e. The number of H-pyrrole nitrogens is 2. The Kier molecular flexibility index (Phi) is 18.6. The first-order valence-electron chi connectivity index (χ1n) is 20.1. The van der Waals surface area contributed by atoms with E-state index in [1.165, 1.54) is 19.4 Å². The predicted molar refractivity (Wildman–Crippen MR) is 227 cm³/mol. The van der Waals surface area contributed by atoms with Gasteiger partial charge >= 0.3 is 11.9 Å². The first-order valence-corrected chi connectivity index (χ1v) is 20.1. The van der Waals surface area contributed by atoms with Crippen molar-refractivity contribution in [3.05, 3.63) is 90.1 Å². The third kappa shape index (κ3) is 15.3. The Morgan fingerprint density at radius 3 is 1.88 bits per heavy atom. The molecular formula is C41H51N11O13. The number of amides is 7. The zero-order valence-electron chi connectivity index (χ0n) is 34.9. The summed E-state index contributed by atoms with van der Waals surface area (Å²) in [5, 5.41) is 54.7. The molecule has 0 aliphatic heterocycles. The van der Waals surface area contributed by atoms with Crippen LogP contribution in [0.3, 0.4) is 0 Å². The van der Waals surface area contributed by atoms with Gasteiger partial charge in [0.1, 0.15) is 36.3 Å². The van der Waals surface area contributed by atoms with Gasteiger partial charge < -0.3 is 73.3 Å². The summed E-state index contributed by atoms with van der Waals surface area (Å²) in [6, 6.07) is 5.30. The molecule has 2 aromatic heterocycles. The molecule has 0 spiro atoms. The smallest absolute Gasteiger partial charge is 0.328 e. The maximum atomic E-state index is 13.7. The minimum absolute atomic E-state index is 0.116. The minimum atomic E-state index is -1.80. The molecule has 15 N–H and O–H groups in total. The number of nitrogens with one attached hydrogen (secondary N) is 9. The van der Waals surface area contributed by atoms with Crippen molar-refractivity contribution in [1.82, 2.24) is 52.2 Å². The molecule has 2 aromatic carbocycles. The van der Waals surface area contributed by atoms with E-state index >= 15 is 0 Å². The number of rotatable bonds is 25. The number of carboxylic acid groups (broad SMARTS) is 2. The van der Waals surface area contributed by atoms with E-state index in [-0.39, 0.29) is 19.3 Å². The van der Waals surface area contributed by atoms with Crippen molar-refractivity contribution < 1.29 is 63.6 Å². The van der Waals surface area contributed by atoms with Crippen LogP contribution in [0.25, 0.3) is 10.9 Å². The van der Waals surface area contributed by atoms with Gasteiger partial charge in [0.15, 0.2) is 0 Å². The highest BCUT2D eigenvalue weighted by Gasteiger charge is 2.33. The third-order valence-corrected chi connectivity index (χ3v) is 9.80. The van der Waals surface area contributed by atoms with E-state index in [0.29, 0.717) is 11.3 Å². The molecule has 0 saturated heterocycles. The van der Waals surface area contributed by atoms with Crippen LogP contribution in [-0.4, -0.2) is 151 Å². The highest BCUT2D eigenvalue weighted by molar-refractivity contribution is 5.97. The topological polar surface area (TPSA) is 389 Å². The first-order chi connectivity index (χ1) is 31.0. The largest absolute Gasteiger partial charge is 0.481 e. The lowest BCUT2D eigenvalue weighted by atomic mass is 10.0. The normalized spacial score (nSPS) is 14.2. The monoisotopic (exact) mass is 905 g/mol. The lowest BCUT2D eigenvalue weighted by Crippen LogP contribution is -2.60. The fourth-order valence-electron chi connectivity index (χ4n) is 6.32. The van der Waals surface area contributed by atoms with Gasteiger partial charge in [-0.1, -0.05) is 48.5 Å². The zero-order chi connectivity index (χ0) is 47.6. The van der Waals surface area contributed by atoms with Crippen LogP contribution in [0.15, 0.2) is 73.3 Å². The van der Waals surface area contributed by atoms with Crippen LogP contribution in [-0.2, 0) is 62.4 Å². The second kappa shape index (κ2) is 24.2. The number of benzene rings is 2. The zero-order valence-corrected chi connectivity index (χ0v) is 34.9. The summed E-state index contributed by atoms with van der Waals surface area (Å²) < 4.78 is 0. The summed E-state index contributed by atoms with van der Waals surface area (Å²) in [6.45, 7) is -1.56. The standard InChI is InChI=1S/C41H51N11O13/c1-21(35(58)48-30(14-34(56)57)39(62)52-32(19-54)41(64)65)47-33(55)17-45-37(60)28(11-22-7-3-2-4-8-22)50-40(63)31(18-53)51-38(61)29(13-24-16-43-20-46-24)49-36(59)26(42)12-23-15-44-27-10-6-5-9-25(23)27/h2-10,15-16,20-21,26,28-32,44,53-54H,11-14,17-19,42H2,1H3,(H,43,46)(H,45,60)(H,47,55)(H,48,58)(H,49,59)(H,50,63)(H,51,61)(H,52,62)(H,56,57)(H,64,65). The van der Waals surface area contributed by atoms with Crippen LogP contribution in [0.1, 0.15) is 30.2 Å². The van der Waals surface area contributed by atoms with Crippen LogP contribution < -0.4 is 43.0 Å². The van der Waals surface area contributed by atoms with Crippen molar-refractivity contribution in [2.45, 2.75) is 74.9 Å². The van der Waals surface area contributed by atoms with Gasteiger partial charge in [0, 0.05) is 41.8 Å². The highest BCUT2D eigenvalue weighted by atomic mass is 16.4. The number of carbonyl (C=O) groups excluding carboxylic acids is 7. The number of nitrogens with zero attached hydrogens (tertiary/aromatic N) is 1.